The smallest absolute Gasteiger partial charge is 0.335 e. The fraction of sp³-hybridized carbons (Fsp3) is 0.421. The highest BCUT2D eigenvalue weighted by Gasteiger charge is 2.29. The molecule has 4 rings (SSSR count). The minimum Gasteiger partial charge on any atom is -0.478 e. The molecular formula is C19H22N4O3. The maximum Gasteiger partial charge on any atom is 0.335 e. The molecule has 0 spiro atoms. The van der Waals surface area contributed by atoms with E-state index in [1.54, 1.807) is 25.1 Å². The van der Waals surface area contributed by atoms with Gasteiger partial charge in [0.2, 0.25) is 5.91 Å². The molecule has 1 aromatic carbocycles. The summed E-state index contributed by atoms with van der Waals surface area (Å²) in [5, 5.41) is 17.2. The van der Waals surface area contributed by atoms with Crippen LogP contribution in [0, 0.1) is 5.92 Å². The fourth-order valence-corrected chi connectivity index (χ4v) is 3.42. The number of carbonyl (C=O) groups is 2. The number of carbonyl (C=O) groups excluding carboxylic acids is 1. The van der Waals surface area contributed by atoms with Gasteiger partial charge in [-0.15, -0.1) is 0 Å². The van der Waals surface area contributed by atoms with Crippen molar-refractivity contribution in [1.82, 2.24) is 14.7 Å². The van der Waals surface area contributed by atoms with E-state index in [1.807, 2.05) is 11.0 Å². The van der Waals surface area contributed by atoms with E-state index in [2.05, 4.69) is 10.00 Å². The van der Waals surface area contributed by atoms with Gasteiger partial charge in [-0.05, 0) is 37.0 Å². The van der Waals surface area contributed by atoms with Crippen molar-refractivity contribution in [2.24, 2.45) is 5.92 Å². The SMILES string of the molecule is CC(=O)N1CCc2c(c(Nc3cccc(C(=O)O)c3)nn2CC2CC2)C1. The standard InChI is InChI=1S/C19H22N4O3/c1-12(24)22-8-7-17-16(11-22)18(21-23(17)10-13-5-6-13)20-15-4-2-3-14(9-15)19(25)26/h2-4,9,13H,5-8,10-11H2,1H3,(H,20,21)(H,25,26). The molecule has 1 fully saturated rings. The van der Waals surface area contributed by atoms with Gasteiger partial charge in [-0.1, -0.05) is 6.07 Å². The first-order chi connectivity index (χ1) is 12.5. The first-order valence-electron chi connectivity index (χ1n) is 8.95. The number of rotatable bonds is 5. The average molecular weight is 354 g/mol. The number of fused-ring (bicyclic) bond motifs is 1. The fourth-order valence-electron chi connectivity index (χ4n) is 3.42. The van der Waals surface area contributed by atoms with Gasteiger partial charge in [-0.3, -0.25) is 9.48 Å². The van der Waals surface area contributed by atoms with Crippen LogP contribution in [0.15, 0.2) is 24.3 Å². The molecule has 7 nitrogen and oxygen atoms in total. The topological polar surface area (TPSA) is 87.5 Å². The molecule has 2 aromatic rings. The van der Waals surface area contributed by atoms with Gasteiger partial charge in [0.05, 0.1) is 12.1 Å². The van der Waals surface area contributed by atoms with Gasteiger partial charge >= 0.3 is 5.97 Å². The van der Waals surface area contributed by atoms with E-state index >= 15 is 0 Å². The van der Waals surface area contributed by atoms with E-state index in [4.69, 9.17) is 5.10 Å². The van der Waals surface area contributed by atoms with Crippen molar-refractivity contribution >= 4 is 23.4 Å². The molecular weight excluding hydrogens is 332 g/mol. The third-order valence-corrected chi connectivity index (χ3v) is 5.08. The van der Waals surface area contributed by atoms with Crippen molar-refractivity contribution in [2.75, 3.05) is 11.9 Å². The molecule has 26 heavy (non-hydrogen) atoms. The van der Waals surface area contributed by atoms with E-state index in [0.717, 1.165) is 18.5 Å². The van der Waals surface area contributed by atoms with Gasteiger partial charge in [-0.25, -0.2) is 4.79 Å². The molecule has 136 valence electrons. The second-order valence-electron chi connectivity index (χ2n) is 7.10. The summed E-state index contributed by atoms with van der Waals surface area (Å²) >= 11 is 0. The summed E-state index contributed by atoms with van der Waals surface area (Å²) in [4.78, 5) is 24.8. The Labute approximate surface area is 151 Å². The molecule has 0 saturated heterocycles. The van der Waals surface area contributed by atoms with Crippen LogP contribution in [0.2, 0.25) is 0 Å². The van der Waals surface area contributed by atoms with Crippen molar-refractivity contribution in [3.05, 3.63) is 41.1 Å². The normalized spacial score (nSPS) is 16.3. The van der Waals surface area contributed by atoms with E-state index in [0.29, 0.717) is 30.5 Å². The number of hydrogen-bond donors (Lipinski definition) is 2. The summed E-state index contributed by atoms with van der Waals surface area (Å²) in [7, 11) is 0. The second-order valence-corrected chi connectivity index (χ2v) is 7.10. The van der Waals surface area contributed by atoms with E-state index in [1.165, 1.54) is 18.5 Å². The van der Waals surface area contributed by atoms with Crippen LogP contribution in [-0.4, -0.2) is 38.2 Å². The first kappa shape index (κ1) is 16.6. The number of carboxylic acids is 1. The molecule has 7 heteroatoms. The lowest BCUT2D eigenvalue weighted by Crippen LogP contribution is -2.34. The molecule has 1 saturated carbocycles. The Hall–Kier alpha value is -2.83. The summed E-state index contributed by atoms with van der Waals surface area (Å²) in [5.41, 5.74) is 3.13. The van der Waals surface area contributed by atoms with Crippen LogP contribution >= 0.6 is 0 Å². The summed E-state index contributed by atoms with van der Waals surface area (Å²) < 4.78 is 2.08. The molecule has 0 radical (unpaired) electrons. The predicted octanol–water partition coefficient (Wildman–Crippen LogP) is 2.64. The Balaban J connectivity index is 1.66. The molecule has 2 N–H and O–H groups in total. The third-order valence-electron chi connectivity index (χ3n) is 5.08. The monoisotopic (exact) mass is 354 g/mol. The number of aromatic nitrogens is 2. The zero-order valence-electron chi connectivity index (χ0n) is 14.7. The Kier molecular flexibility index (Phi) is 4.14. The molecule has 2 heterocycles. The van der Waals surface area contributed by atoms with E-state index < -0.39 is 5.97 Å². The zero-order chi connectivity index (χ0) is 18.3. The second kappa shape index (κ2) is 6.48. The summed E-state index contributed by atoms with van der Waals surface area (Å²) in [6.45, 7) is 3.76. The van der Waals surface area contributed by atoms with Crippen LogP contribution in [0.1, 0.15) is 41.4 Å². The highest BCUT2D eigenvalue weighted by Crippen LogP contribution is 2.34. The highest BCUT2D eigenvalue weighted by atomic mass is 16.4. The molecule has 1 aromatic heterocycles. The van der Waals surface area contributed by atoms with Gasteiger partial charge in [0.1, 0.15) is 0 Å². The minimum atomic E-state index is -0.960. The van der Waals surface area contributed by atoms with Gasteiger partial charge in [0.15, 0.2) is 5.82 Å². The lowest BCUT2D eigenvalue weighted by molar-refractivity contribution is -0.129. The van der Waals surface area contributed by atoms with Crippen LogP contribution in [0.3, 0.4) is 0 Å². The van der Waals surface area contributed by atoms with Crippen molar-refractivity contribution in [1.29, 1.82) is 0 Å². The molecule has 0 unspecified atom stereocenters. The van der Waals surface area contributed by atoms with Crippen molar-refractivity contribution < 1.29 is 14.7 Å². The van der Waals surface area contributed by atoms with E-state index in [9.17, 15) is 14.7 Å². The molecule has 1 aliphatic carbocycles. The Morgan fingerprint density at radius 2 is 2.15 bits per heavy atom. The first-order valence-corrected chi connectivity index (χ1v) is 8.95. The highest BCUT2D eigenvalue weighted by molar-refractivity contribution is 5.89. The summed E-state index contributed by atoms with van der Waals surface area (Å²) in [6.07, 6.45) is 3.29. The number of aromatic carboxylic acids is 1. The molecule has 2 aliphatic rings. The van der Waals surface area contributed by atoms with E-state index in [-0.39, 0.29) is 11.5 Å². The van der Waals surface area contributed by atoms with Crippen molar-refractivity contribution in [3.8, 4) is 0 Å². The van der Waals surface area contributed by atoms with Crippen LogP contribution in [0.25, 0.3) is 0 Å². The number of anilines is 2. The minimum absolute atomic E-state index is 0.0596. The summed E-state index contributed by atoms with van der Waals surface area (Å²) in [6, 6.07) is 6.69. The van der Waals surface area contributed by atoms with Crippen molar-refractivity contribution in [2.45, 2.75) is 39.3 Å². The summed E-state index contributed by atoms with van der Waals surface area (Å²) in [5.74, 6) is 0.518. The number of hydrogen-bond acceptors (Lipinski definition) is 4. The Bertz CT molecular complexity index is 870. The average Bonchev–Trinajstić information content (AvgIpc) is 3.38. The number of nitrogens with zero attached hydrogens (tertiary/aromatic N) is 3. The Morgan fingerprint density at radius 3 is 2.85 bits per heavy atom. The van der Waals surface area contributed by atoms with Gasteiger partial charge in [-0.2, -0.15) is 5.10 Å². The van der Waals surface area contributed by atoms with Crippen LogP contribution < -0.4 is 5.32 Å². The third kappa shape index (κ3) is 3.29. The lowest BCUT2D eigenvalue weighted by Gasteiger charge is -2.26. The zero-order valence-corrected chi connectivity index (χ0v) is 14.7. The van der Waals surface area contributed by atoms with Crippen molar-refractivity contribution in [3.63, 3.8) is 0 Å². The number of benzene rings is 1. The van der Waals surface area contributed by atoms with Crippen LogP contribution in [0.4, 0.5) is 11.5 Å². The molecule has 1 amide bonds. The number of carboxylic acid groups (broad SMARTS) is 1. The van der Waals surface area contributed by atoms with Gasteiger partial charge in [0.25, 0.3) is 0 Å². The predicted molar refractivity (Wildman–Crippen MR) is 96.4 cm³/mol. The Morgan fingerprint density at radius 1 is 1.35 bits per heavy atom. The maximum absolute atomic E-state index is 11.8. The molecule has 0 atom stereocenters. The van der Waals surface area contributed by atoms with Gasteiger partial charge < -0.3 is 15.3 Å². The molecule has 1 aliphatic heterocycles. The largest absolute Gasteiger partial charge is 0.478 e. The quantitative estimate of drug-likeness (QED) is 0.862. The number of amides is 1. The maximum atomic E-state index is 11.8. The van der Waals surface area contributed by atoms with Crippen LogP contribution in [-0.2, 0) is 24.3 Å². The lowest BCUT2D eigenvalue weighted by atomic mass is 10.1. The van der Waals surface area contributed by atoms with Gasteiger partial charge in [0, 0.05) is 43.4 Å². The van der Waals surface area contributed by atoms with Crippen LogP contribution in [0.5, 0.6) is 0 Å². The number of nitrogens with one attached hydrogen (secondary N) is 1. The molecule has 0 bridgehead atoms.